The van der Waals surface area contributed by atoms with E-state index in [2.05, 4.69) is 17.0 Å². The average molecular weight is 355 g/mol. The predicted octanol–water partition coefficient (Wildman–Crippen LogP) is 2.58. The average Bonchev–Trinajstić information content (AvgIpc) is 3.34. The molecule has 0 N–H and O–H groups in total. The molecule has 1 saturated heterocycles. The lowest BCUT2D eigenvalue weighted by Crippen LogP contribution is -2.40. The smallest absolute Gasteiger partial charge is 0.227 e. The van der Waals surface area contributed by atoms with Crippen LogP contribution >= 0.6 is 0 Å². The Balaban J connectivity index is 1.55. The number of carbonyl (C=O) groups is 1. The molecule has 1 aromatic carbocycles. The zero-order valence-corrected chi connectivity index (χ0v) is 15.4. The third kappa shape index (κ3) is 3.09. The normalized spacial score (nSPS) is 20.2. The number of benzene rings is 1. The van der Waals surface area contributed by atoms with Gasteiger partial charge in [0.1, 0.15) is 17.2 Å². The largest absolute Gasteiger partial charge is 0.497 e. The van der Waals surface area contributed by atoms with Crippen LogP contribution in [0.3, 0.4) is 0 Å². The maximum Gasteiger partial charge on any atom is 0.227 e. The highest BCUT2D eigenvalue weighted by atomic mass is 16.5. The molecule has 6 nitrogen and oxygen atoms in total. The Morgan fingerprint density at radius 1 is 1.38 bits per heavy atom. The molecular formula is C20H25N3O3. The van der Waals surface area contributed by atoms with Gasteiger partial charge in [0.15, 0.2) is 0 Å². The van der Waals surface area contributed by atoms with Crippen LogP contribution in [0.1, 0.15) is 24.7 Å². The van der Waals surface area contributed by atoms with Crippen molar-refractivity contribution in [2.45, 2.75) is 26.3 Å². The molecule has 2 aromatic rings. The third-order valence-corrected chi connectivity index (χ3v) is 5.55. The van der Waals surface area contributed by atoms with E-state index in [1.165, 1.54) is 0 Å². The fraction of sp³-hybridized carbons (Fsp3) is 0.500. The van der Waals surface area contributed by atoms with Gasteiger partial charge in [-0.15, -0.1) is 0 Å². The summed E-state index contributed by atoms with van der Waals surface area (Å²) >= 11 is 0. The molecule has 4 rings (SSSR count). The van der Waals surface area contributed by atoms with E-state index in [4.69, 9.17) is 9.26 Å². The molecule has 1 atom stereocenters. The standard InChI is InChI=1S/C20H25N3O3/c1-3-22-9-7-15(12-22)20(24)23-10-8-18-17(13-23)19(21-26-18)14-5-4-6-16(11-14)25-2/h4-6,11,15H,3,7-10,12-13H2,1-2H3/t15-/m1/s1. The summed E-state index contributed by atoms with van der Waals surface area (Å²) in [6.45, 7) is 6.35. The molecule has 2 aliphatic heterocycles. The molecule has 1 fully saturated rings. The number of fused-ring (bicyclic) bond motifs is 1. The van der Waals surface area contributed by atoms with Gasteiger partial charge >= 0.3 is 0 Å². The van der Waals surface area contributed by atoms with Gasteiger partial charge in [-0.1, -0.05) is 24.2 Å². The zero-order valence-electron chi connectivity index (χ0n) is 15.4. The van der Waals surface area contributed by atoms with Crippen LogP contribution in [0.25, 0.3) is 11.3 Å². The van der Waals surface area contributed by atoms with E-state index in [-0.39, 0.29) is 11.8 Å². The number of amides is 1. The molecule has 6 heteroatoms. The van der Waals surface area contributed by atoms with Gasteiger partial charge < -0.3 is 19.1 Å². The number of ether oxygens (including phenoxy) is 1. The van der Waals surface area contributed by atoms with Crippen LogP contribution in [-0.4, -0.2) is 54.2 Å². The highest BCUT2D eigenvalue weighted by Gasteiger charge is 2.34. The summed E-state index contributed by atoms with van der Waals surface area (Å²) in [4.78, 5) is 17.3. The van der Waals surface area contributed by atoms with Crippen molar-refractivity contribution in [2.24, 2.45) is 5.92 Å². The Labute approximate surface area is 153 Å². The second-order valence-electron chi connectivity index (χ2n) is 7.05. The van der Waals surface area contributed by atoms with Gasteiger partial charge in [-0.2, -0.15) is 0 Å². The number of hydrogen-bond acceptors (Lipinski definition) is 5. The van der Waals surface area contributed by atoms with Gasteiger partial charge in [-0.3, -0.25) is 4.79 Å². The van der Waals surface area contributed by atoms with Crippen molar-refractivity contribution < 1.29 is 14.1 Å². The van der Waals surface area contributed by atoms with Crippen LogP contribution in [0.15, 0.2) is 28.8 Å². The quantitative estimate of drug-likeness (QED) is 0.844. The van der Waals surface area contributed by atoms with Crippen molar-refractivity contribution >= 4 is 5.91 Å². The van der Waals surface area contributed by atoms with Gasteiger partial charge in [0.25, 0.3) is 0 Å². The van der Waals surface area contributed by atoms with Crippen LogP contribution in [0.4, 0.5) is 0 Å². The van der Waals surface area contributed by atoms with Gasteiger partial charge in [0, 0.05) is 30.6 Å². The molecule has 2 aliphatic rings. The molecule has 0 unspecified atom stereocenters. The first-order chi connectivity index (χ1) is 12.7. The Hall–Kier alpha value is -2.34. The van der Waals surface area contributed by atoms with E-state index in [1.807, 2.05) is 29.2 Å². The van der Waals surface area contributed by atoms with Crippen molar-refractivity contribution in [1.29, 1.82) is 0 Å². The number of nitrogens with zero attached hydrogens (tertiary/aromatic N) is 3. The number of aromatic nitrogens is 1. The molecule has 0 bridgehead atoms. The van der Waals surface area contributed by atoms with Gasteiger partial charge in [-0.25, -0.2) is 0 Å². The Morgan fingerprint density at radius 2 is 2.27 bits per heavy atom. The Morgan fingerprint density at radius 3 is 3.04 bits per heavy atom. The maximum absolute atomic E-state index is 13.0. The lowest BCUT2D eigenvalue weighted by Gasteiger charge is -2.28. The molecule has 3 heterocycles. The molecule has 1 aromatic heterocycles. The van der Waals surface area contributed by atoms with E-state index >= 15 is 0 Å². The van der Waals surface area contributed by atoms with E-state index in [0.29, 0.717) is 13.1 Å². The second kappa shape index (κ2) is 7.11. The minimum absolute atomic E-state index is 0.122. The number of methoxy groups -OCH3 is 1. The minimum Gasteiger partial charge on any atom is -0.497 e. The van der Waals surface area contributed by atoms with E-state index in [9.17, 15) is 4.79 Å². The molecule has 0 aliphatic carbocycles. The fourth-order valence-corrected chi connectivity index (χ4v) is 3.97. The number of likely N-dealkylation sites (tertiary alicyclic amines) is 1. The summed E-state index contributed by atoms with van der Waals surface area (Å²) in [6.07, 6.45) is 1.69. The molecule has 0 radical (unpaired) electrons. The predicted molar refractivity (Wildman–Crippen MR) is 97.8 cm³/mol. The summed E-state index contributed by atoms with van der Waals surface area (Å²) in [5.74, 6) is 2.07. The summed E-state index contributed by atoms with van der Waals surface area (Å²) in [5.41, 5.74) is 2.81. The monoisotopic (exact) mass is 355 g/mol. The molecule has 26 heavy (non-hydrogen) atoms. The van der Waals surface area contributed by atoms with Gasteiger partial charge in [-0.05, 0) is 31.6 Å². The van der Waals surface area contributed by atoms with Crippen molar-refractivity contribution in [2.75, 3.05) is 33.3 Å². The van der Waals surface area contributed by atoms with Crippen molar-refractivity contribution in [3.8, 4) is 17.0 Å². The number of carbonyl (C=O) groups excluding carboxylic acids is 1. The van der Waals surface area contributed by atoms with E-state index < -0.39 is 0 Å². The van der Waals surface area contributed by atoms with Crippen molar-refractivity contribution in [3.05, 3.63) is 35.6 Å². The summed E-state index contributed by atoms with van der Waals surface area (Å²) < 4.78 is 10.9. The first-order valence-corrected chi connectivity index (χ1v) is 9.32. The summed E-state index contributed by atoms with van der Waals surface area (Å²) in [7, 11) is 1.65. The minimum atomic E-state index is 0.122. The lowest BCUT2D eigenvalue weighted by molar-refractivity contribution is -0.136. The molecular weight excluding hydrogens is 330 g/mol. The van der Waals surface area contributed by atoms with Gasteiger partial charge in [0.2, 0.25) is 5.91 Å². The van der Waals surface area contributed by atoms with E-state index in [1.54, 1.807) is 7.11 Å². The van der Waals surface area contributed by atoms with Crippen LogP contribution in [0.2, 0.25) is 0 Å². The van der Waals surface area contributed by atoms with Crippen LogP contribution in [0.5, 0.6) is 5.75 Å². The summed E-state index contributed by atoms with van der Waals surface area (Å²) in [5, 5.41) is 4.28. The Kier molecular flexibility index (Phi) is 4.68. The molecule has 0 spiro atoms. The molecule has 1 amide bonds. The highest BCUT2D eigenvalue weighted by Crippen LogP contribution is 2.32. The second-order valence-corrected chi connectivity index (χ2v) is 7.05. The zero-order chi connectivity index (χ0) is 18.1. The lowest BCUT2D eigenvalue weighted by atomic mass is 9.99. The van der Waals surface area contributed by atoms with Gasteiger partial charge in [0.05, 0.1) is 19.6 Å². The first kappa shape index (κ1) is 17.1. The molecule has 0 saturated carbocycles. The van der Waals surface area contributed by atoms with Crippen molar-refractivity contribution in [1.82, 2.24) is 15.0 Å². The topological polar surface area (TPSA) is 58.8 Å². The number of rotatable bonds is 4. The SMILES string of the molecule is CCN1CC[C@@H](C(=O)N2CCc3onc(-c4cccc(OC)c4)c3C2)C1. The van der Waals surface area contributed by atoms with Crippen LogP contribution in [0, 0.1) is 5.92 Å². The summed E-state index contributed by atoms with van der Waals surface area (Å²) in [6, 6.07) is 7.80. The van der Waals surface area contributed by atoms with Crippen LogP contribution in [-0.2, 0) is 17.8 Å². The Bertz CT molecular complexity index is 801. The van der Waals surface area contributed by atoms with Crippen LogP contribution < -0.4 is 4.74 Å². The van der Waals surface area contributed by atoms with E-state index in [0.717, 1.165) is 60.8 Å². The fourth-order valence-electron chi connectivity index (χ4n) is 3.97. The highest BCUT2D eigenvalue weighted by molar-refractivity contribution is 5.80. The third-order valence-electron chi connectivity index (χ3n) is 5.55. The molecule has 138 valence electrons. The first-order valence-electron chi connectivity index (χ1n) is 9.32. The number of hydrogen-bond donors (Lipinski definition) is 0. The van der Waals surface area contributed by atoms with Crippen molar-refractivity contribution in [3.63, 3.8) is 0 Å². The maximum atomic E-state index is 13.0.